The number of piperidine rings is 1. The van der Waals surface area contributed by atoms with Gasteiger partial charge in [0.1, 0.15) is 11.5 Å². The van der Waals surface area contributed by atoms with Crippen LogP contribution < -0.4 is 5.69 Å². The second-order valence-corrected chi connectivity index (χ2v) is 10.9. The molecule has 6 rings (SSSR count). The van der Waals surface area contributed by atoms with Gasteiger partial charge in [-0.05, 0) is 43.2 Å². The number of aromatic amines is 1. The maximum Gasteiger partial charge on any atom is 0.326 e. The van der Waals surface area contributed by atoms with Crippen LogP contribution in [0.2, 0.25) is 0 Å². The van der Waals surface area contributed by atoms with E-state index in [2.05, 4.69) is 30.7 Å². The van der Waals surface area contributed by atoms with E-state index in [0.29, 0.717) is 48.5 Å². The van der Waals surface area contributed by atoms with E-state index in [-0.39, 0.29) is 28.9 Å². The normalized spacial score (nSPS) is 15.0. The fourth-order valence-electron chi connectivity index (χ4n) is 5.23. The van der Waals surface area contributed by atoms with Gasteiger partial charge in [0.05, 0.1) is 22.4 Å². The summed E-state index contributed by atoms with van der Waals surface area (Å²) >= 11 is 0. The number of halogens is 1. The highest BCUT2D eigenvalue weighted by Gasteiger charge is 2.28. The molecule has 0 radical (unpaired) electrons. The number of fused-ring (bicyclic) bond motifs is 2. The maximum absolute atomic E-state index is 14.1. The van der Waals surface area contributed by atoms with Crippen molar-refractivity contribution in [2.45, 2.75) is 45.1 Å². The zero-order valence-electron chi connectivity index (χ0n) is 21.6. The number of para-hydroxylation sites is 2. The van der Waals surface area contributed by atoms with Crippen molar-refractivity contribution < 1.29 is 9.18 Å². The summed E-state index contributed by atoms with van der Waals surface area (Å²) in [7, 11) is 0. The van der Waals surface area contributed by atoms with E-state index in [1.165, 1.54) is 12.1 Å². The fraction of sp³-hybridized carbons (Fsp3) is 0.310. The smallest absolute Gasteiger partial charge is 0.326 e. The number of carbonyl (C=O) groups is 1. The number of likely N-dealkylation sites (tertiary alicyclic amines) is 1. The van der Waals surface area contributed by atoms with E-state index in [1.54, 1.807) is 27.6 Å². The lowest BCUT2D eigenvalue weighted by atomic mass is 9.93. The number of rotatable bonds is 3. The molecule has 4 heterocycles. The van der Waals surface area contributed by atoms with Gasteiger partial charge in [-0.15, -0.1) is 0 Å². The molecule has 1 aliphatic heterocycles. The van der Waals surface area contributed by atoms with E-state index in [9.17, 15) is 14.0 Å². The highest BCUT2D eigenvalue weighted by Crippen LogP contribution is 2.29. The molecule has 2 aromatic carbocycles. The highest BCUT2D eigenvalue weighted by molar-refractivity contribution is 5.94. The third kappa shape index (κ3) is 4.17. The summed E-state index contributed by atoms with van der Waals surface area (Å²) in [4.78, 5) is 35.7. The van der Waals surface area contributed by atoms with Gasteiger partial charge < -0.3 is 9.88 Å². The second-order valence-electron chi connectivity index (χ2n) is 10.9. The average Bonchev–Trinajstić information content (AvgIpc) is 3.48. The Kier molecular flexibility index (Phi) is 5.66. The van der Waals surface area contributed by atoms with Crippen molar-refractivity contribution in [3.8, 4) is 11.3 Å². The van der Waals surface area contributed by atoms with Gasteiger partial charge in [-0.3, -0.25) is 9.36 Å². The van der Waals surface area contributed by atoms with E-state index in [1.807, 2.05) is 34.9 Å². The Bertz CT molecular complexity index is 1730. The van der Waals surface area contributed by atoms with Crippen LogP contribution in [-0.4, -0.2) is 48.0 Å². The summed E-state index contributed by atoms with van der Waals surface area (Å²) in [6, 6.07) is 17.5. The molecule has 0 aliphatic carbocycles. The fourth-order valence-corrected chi connectivity index (χ4v) is 5.23. The van der Waals surface area contributed by atoms with Crippen LogP contribution in [0.3, 0.4) is 0 Å². The maximum atomic E-state index is 14.1. The largest absolute Gasteiger partial charge is 0.337 e. The van der Waals surface area contributed by atoms with Crippen LogP contribution in [0, 0.1) is 5.82 Å². The number of nitrogens with zero attached hydrogens (tertiary/aromatic N) is 5. The van der Waals surface area contributed by atoms with Gasteiger partial charge in [-0.1, -0.05) is 45.0 Å². The molecule has 1 aliphatic rings. The summed E-state index contributed by atoms with van der Waals surface area (Å²) in [6.07, 6.45) is 1.32. The molecule has 0 saturated carbocycles. The molecule has 3 aromatic heterocycles. The summed E-state index contributed by atoms with van der Waals surface area (Å²) < 4.78 is 17.6. The van der Waals surface area contributed by atoms with Crippen molar-refractivity contribution >= 4 is 22.6 Å². The summed E-state index contributed by atoms with van der Waals surface area (Å²) in [5.74, 6) is -0.550. The number of nitrogens with one attached hydrogen (secondary N) is 1. The number of benzene rings is 2. The first-order valence-electron chi connectivity index (χ1n) is 12.8. The molecule has 0 atom stereocenters. The van der Waals surface area contributed by atoms with Crippen LogP contribution in [0.25, 0.3) is 27.9 Å². The van der Waals surface area contributed by atoms with Gasteiger partial charge >= 0.3 is 5.69 Å². The standard InChI is InChI=1S/C29H29FN6O2/c1-29(2,3)25-17-26-31-22(16-24(36(26)33-25)18-7-6-8-19(30)15-18)27(37)34-13-11-20(12-14-34)35-23-10-5-4-9-21(23)32-28(35)38/h4-10,15-17,20H,11-14H2,1-3H3,(H,32,38). The lowest BCUT2D eigenvalue weighted by Crippen LogP contribution is -2.40. The quantitative estimate of drug-likeness (QED) is 0.370. The van der Waals surface area contributed by atoms with Crippen LogP contribution in [0.15, 0.2) is 65.5 Å². The van der Waals surface area contributed by atoms with Crippen molar-refractivity contribution in [3.63, 3.8) is 0 Å². The van der Waals surface area contributed by atoms with Gasteiger partial charge in [-0.25, -0.2) is 18.7 Å². The predicted octanol–water partition coefficient (Wildman–Crippen LogP) is 4.95. The van der Waals surface area contributed by atoms with Gasteiger partial charge in [-0.2, -0.15) is 5.10 Å². The van der Waals surface area contributed by atoms with E-state index < -0.39 is 0 Å². The number of hydrogen-bond donors (Lipinski definition) is 1. The SMILES string of the molecule is CC(C)(C)c1cc2nc(C(=O)N3CCC(n4c(=O)[nH]c5ccccc54)CC3)cc(-c3cccc(F)c3)n2n1. The molecule has 194 valence electrons. The number of aromatic nitrogens is 5. The molecule has 38 heavy (non-hydrogen) atoms. The predicted molar refractivity (Wildman–Crippen MR) is 144 cm³/mol. The minimum Gasteiger partial charge on any atom is -0.337 e. The van der Waals surface area contributed by atoms with E-state index in [0.717, 1.165) is 16.7 Å². The molecule has 1 saturated heterocycles. The molecule has 1 N–H and O–H groups in total. The van der Waals surface area contributed by atoms with Crippen molar-refractivity contribution in [3.05, 3.63) is 88.4 Å². The number of hydrogen-bond acceptors (Lipinski definition) is 4. The van der Waals surface area contributed by atoms with Gasteiger partial charge in [0.25, 0.3) is 5.91 Å². The minimum absolute atomic E-state index is 0.00478. The van der Waals surface area contributed by atoms with Crippen molar-refractivity contribution in [2.75, 3.05) is 13.1 Å². The molecular weight excluding hydrogens is 483 g/mol. The van der Waals surface area contributed by atoms with Crippen molar-refractivity contribution in [2.24, 2.45) is 0 Å². The second kappa shape index (κ2) is 8.93. The minimum atomic E-state index is -0.363. The molecule has 1 fully saturated rings. The number of carbonyl (C=O) groups excluding carboxylic acids is 1. The zero-order chi connectivity index (χ0) is 26.6. The Hall–Kier alpha value is -4.27. The Morgan fingerprint density at radius 1 is 1.03 bits per heavy atom. The lowest BCUT2D eigenvalue weighted by molar-refractivity contribution is 0.0689. The molecule has 0 unspecified atom stereocenters. The van der Waals surface area contributed by atoms with Gasteiger partial charge in [0.15, 0.2) is 5.65 Å². The van der Waals surface area contributed by atoms with E-state index >= 15 is 0 Å². The Morgan fingerprint density at radius 2 is 1.79 bits per heavy atom. The summed E-state index contributed by atoms with van der Waals surface area (Å²) in [6.45, 7) is 7.19. The lowest BCUT2D eigenvalue weighted by Gasteiger charge is -2.32. The number of imidazole rings is 1. The summed E-state index contributed by atoms with van der Waals surface area (Å²) in [5.41, 5.74) is 4.23. The Morgan fingerprint density at radius 3 is 2.53 bits per heavy atom. The average molecular weight is 513 g/mol. The van der Waals surface area contributed by atoms with Gasteiger partial charge in [0.2, 0.25) is 0 Å². The van der Waals surface area contributed by atoms with Crippen LogP contribution in [0.1, 0.15) is 55.8 Å². The Balaban J connectivity index is 1.32. The monoisotopic (exact) mass is 512 g/mol. The van der Waals surface area contributed by atoms with E-state index in [4.69, 9.17) is 5.10 Å². The number of amides is 1. The number of H-pyrrole nitrogens is 1. The molecular formula is C29H29FN6O2. The van der Waals surface area contributed by atoms with Crippen molar-refractivity contribution in [1.29, 1.82) is 0 Å². The first-order valence-corrected chi connectivity index (χ1v) is 12.8. The van der Waals surface area contributed by atoms with Crippen LogP contribution >= 0.6 is 0 Å². The topological polar surface area (TPSA) is 88.3 Å². The Labute approximate surface area is 218 Å². The first kappa shape index (κ1) is 24.1. The molecule has 0 spiro atoms. The van der Waals surface area contributed by atoms with Gasteiger partial charge in [0, 0.05) is 36.2 Å². The highest BCUT2D eigenvalue weighted by atomic mass is 19.1. The molecule has 1 amide bonds. The molecule has 9 heteroatoms. The zero-order valence-corrected chi connectivity index (χ0v) is 21.6. The molecule has 8 nitrogen and oxygen atoms in total. The first-order chi connectivity index (χ1) is 18.2. The van der Waals surface area contributed by atoms with Crippen LogP contribution in [0.5, 0.6) is 0 Å². The molecule has 5 aromatic rings. The third-order valence-electron chi connectivity index (χ3n) is 7.28. The van der Waals surface area contributed by atoms with Crippen molar-refractivity contribution in [1.82, 2.24) is 29.0 Å². The van der Waals surface area contributed by atoms with Crippen LogP contribution in [-0.2, 0) is 5.41 Å². The molecule has 0 bridgehead atoms. The summed E-state index contributed by atoms with van der Waals surface area (Å²) in [5, 5.41) is 4.75. The third-order valence-corrected chi connectivity index (χ3v) is 7.28. The van der Waals surface area contributed by atoms with Crippen LogP contribution in [0.4, 0.5) is 4.39 Å².